The van der Waals surface area contributed by atoms with Crippen molar-refractivity contribution in [2.45, 2.75) is 26.7 Å². The average molecular weight is 223 g/mol. The summed E-state index contributed by atoms with van der Waals surface area (Å²) in [5, 5.41) is 0. The number of fused-ring (bicyclic) bond motifs is 1. The first-order valence-corrected chi connectivity index (χ1v) is 5.43. The van der Waals surface area contributed by atoms with Gasteiger partial charge in [0.25, 0.3) is 0 Å². The van der Waals surface area contributed by atoms with Crippen LogP contribution in [0.25, 0.3) is 0 Å². The minimum absolute atomic E-state index is 0.192. The zero-order chi connectivity index (χ0) is 11.7. The van der Waals surface area contributed by atoms with Gasteiger partial charge in [0.15, 0.2) is 0 Å². The highest BCUT2D eigenvalue weighted by atomic mass is 19.1. The van der Waals surface area contributed by atoms with Crippen molar-refractivity contribution in [3.63, 3.8) is 0 Å². The lowest BCUT2D eigenvalue weighted by Gasteiger charge is -2.07. The first kappa shape index (κ1) is 11.0. The van der Waals surface area contributed by atoms with Crippen LogP contribution in [0.15, 0.2) is 6.20 Å². The third-order valence-electron chi connectivity index (χ3n) is 3.00. The van der Waals surface area contributed by atoms with Crippen molar-refractivity contribution in [3.8, 4) is 0 Å². The molecule has 0 saturated carbocycles. The van der Waals surface area contributed by atoms with Gasteiger partial charge in [0, 0.05) is 12.1 Å². The van der Waals surface area contributed by atoms with Crippen LogP contribution < -0.4 is 0 Å². The molecule has 1 aliphatic rings. The van der Waals surface area contributed by atoms with Crippen LogP contribution in [0.5, 0.6) is 0 Å². The Balaban J connectivity index is 2.21. The number of ether oxygens (including phenoxy) is 1. The summed E-state index contributed by atoms with van der Waals surface area (Å²) in [6.45, 7) is 3.89. The maximum atomic E-state index is 13.3. The lowest BCUT2D eigenvalue weighted by atomic mass is 10.1. The number of rotatable bonds is 2. The lowest BCUT2D eigenvalue weighted by Crippen LogP contribution is -2.17. The molecule has 4 heteroatoms. The molecule has 0 bridgehead atoms. The maximum Gasteiger partial charge on any atom is 0.309 e. The van der Waals surface area contributed by atoms with Crippen molar-refractivity contribution >= 4 is 5.97 Å². The Labute approximate surface area is 93.6 Å². The van der Waals surface area contributed by atoms with Gasteiger partial charge < -0.3 is 4.74 Å². The Bertz CT molecular complexity index is 431. The number of carbonyl (C=O) groups is 1. The van der Waals surface area contributed by atoms with Crippen LogP contribution in [-0.2, 0) is 22.4 Å². The largest absolute Gasteiger partial charge is 0.466 e. The molecule has 1 aliphatic carbocycles. The first-order chi connectivity index (χ1) is 7.63. The number of halogens is 1. The van der Waals surface area contributed by atoms with Gasteiger partial charge in [-0.25, -0.2) is 4.39 Å². The molecule has 0 aromatic carbocycles. The standard InChI is InChI=1S/C12H14FNO2/c1-3-16-12(15)8-4-9-7(2)10(13)6-14-11(9)5-8/h6,8H,3-5H2,1-2H3. The summed E-state index contributed by atoms with van der Waals surface area (Å²) in [6.07, 6.45) is 2.34. The van der Waals surface area contributed by atoms with Crippen molar-refractivity contribution in [2.75, 3.05) is 6.61 Å². The molecule has 0 fully saturated rings. The van der Waals surface area contributed by atoms with Crippen molar-refractivity contribution < 1.29 is 13.9 Å². The van der Waals surface area contributed by atoms with E-state index < -0.39 is 0 Å². The third kappa shape index (κ3) is 1.79. The fraction of sp³-hybridized carbons (Fsp3) is 0.500. The van der Waals surface area contributed by atoms with Gasteiger partial charge >= 0.3 is 5.97 Å². The predicted octanol–water partition coefficient (Wildman–Crippen LogP) is 1.81. The van der Waals surface area contributed by atoms with Gasteiger partial charge in [-0.1, -0.05) is 0 Å². The van der Waals surface area contributed by atoms with E-state index in [9.17, 15) is 9.18 Å². The Morgan fingerprint density at radius 1 is 1.62 bits per heavy atom. The molecular formula is C12H14FNO2. The zero-order valence-corrected chi connectivity index (χ0v) is 9.42. The van der Waals surface area contributed by atoms with Crippen LogP contribution in [0.3, 0.4) is 0 Å². The highest BCUT2D eigenvalue weighted by molar-refractivity contribution is 5.74. The second kappa shape index (κ2) is 4.20. The van der Waals surface area contributed by atoms with Crippen LogP contribution >= 0.6 is 0 Å². The number of aromatic nitrogens is 1. The fourth-order valence-corrected chi connectivity index (χ4v) is 2.10. The van der Waals surface area contributed by atoms with Crippen molar-refractivity contribution in [1.29, 1.82) is 0 Å². The molecule has 86 valence electrons. The lowest BCUT2D eigenvalue weighted by molar-refractivity contribution is -0.147. The van der Waals surface area contributed by atoms with Crippen molar-refractivity contribution in [3.05, 3.63) is 28.8 Å². The fourth-order valence-electron chi connectivity index (χ4n) is 2.10. The van der Waals surface area contributed by atoms with E-state index in [1.807, 2.05) is 0 Å². The summed E-state index contributed by atoms with van der Waals surface area (Å²) >= 11 is 0. The molecule has 0 saturated heterocycles. The molecule has 1 aromatic rings. The topological polar surface area (TPSA) is 39.2 Å². The summed E-state index contributed by atoms with van der Waals surface area (Å²) in [5.41, 5.74) is 2.31. The van der Waals surface area contributed by atoms with Crippen LogP contribution in [0.4, 0.5) is 4.39 Å². The monoisotopic (exact) mass is 223 g/mol. The molecule has 0 aliphatic heterocycles. The van der Waals surface area contributed by atoms with E-state index in [1.165, 1.54) is 6.20 Å². The molecule has 2 rings (SSSR count). The summed E-state index contributed by atoms with van der Waals surface area (Å²) in [5.74, 6) is -0.702. The summed E-state index contributed by atoms with van der Waals surface area (Å²) in [7, 11) is 0. The average Bonchev–Trinajstić information content (AvgIpc) is 2.69. The number of hydrogen-bond donors (Lipinski definition) is 0. The molecular weight excluding hydrogens is 209 g/mol. The molecule has 0 radical (unpaired) electrons. The minimum atomic E-state index is -0.303. The minimum Gasteiger partial charge on any atom is -0.466 e. The molecule has 1 atom stereocenters. The molecule has 0 amide bonds. The first-order valence-electron chi connectivity index (χ1n) is 5.43. The van der Waals surface area contributed by atoms with Gasteiger partial charge in [0.1, 0.15) is 5.82 Å². The van der Waals surface area contributed by atoms with Gasteiger partial charge in [-0.05, 0) is 31.4 Å². The quantitative estimate of drug-likeness (QED) is 0.718. The van der Waals surface area contributed by atoms with Crippen LogP contribution in [-0.4, -0.2) is 17.6 Å². The SMILES string of the molecule is CCOC(=O)C1Cc2ncc(F)c(C)c2C1. The van der Waals surface area contributed by atoms with Gasteiger partial charge in [0.2, 0.25) is 0 Å². The molecule has 3 nitrogen and oxygen atoms in total. The Morgan fingerprint density at radius 3 is 3.06 bits per heavy atom. The maximum absolute atomic E-state index is 13.3. The number of nitrogens with zero attached hydrogens (tertiary/aromatic N) is 1. The van der Waals surface area contributed by atoms with Crippen molar-refractivity contribution in [1.82, 2.24) is 4.98 Å². The molecule has 0 N–H and O–H groups in total. The molecule has 1 aromatic heterocycles. The molecule has 1 heterocycles. The Morgan fingerprint density at radius 2 is 2.38 bits per heavy atom. The van der Waals surface area contributed by atoms with E-state index in [0.29, 0.717) is 25.0 Å². The second-order valence-corrected chi connectivity index (χ2v) is 4.01. The normalized spacial score (nSPS) is 18.3. The predicted molar refractivity (Wildman–Crippen MR) is 56.5 cm³/mol. The van der Waals surface area contributed by atoms with E-state index in [4.69, 9.17) is 4.74 Å². The Kier molecular flexibility index (Phi) is 2.90. The van der Waals surface area contributed by atoms with Gasteiger partial charge in [-0.2, -0.15) is 0 Å². The second-order valence-electron chi connectivity index (χ2n) is 4.01. The van der Waals surface area contributed by atoms with Crippen LogP contribution in [0.2, 0.25) is 0 Å². The molecule has 16 heavy (non-hydrogen) atoms. The van der Waals surface area contributed by atoms with E-state index in [1.54, 1.807) is 13.8 Å². The van der Waals surface area contributed by atoms with Crippen LogP contribution in [0.1, 0.15) is 23.7 Å². The highest BCUT2D eigenvalue weighted by Crippen LogP contribution is 2.29. The molecule has 0 spiro atoms. The molecule has 1 unspecified atom stereocenters. The number of hydrogen-bond acceptors (Lipinski definition) is 3. The highest BCUT2D eigenvalue weighted by Gasteiger charge is 2.31. The van der Waals surface area contributed by atoms with Crippen LogP contribution in [0, 0.1) is 18.7 Å². The summed E-state index contributed by atoms with van der Waals surface area (Å²) in [4.78, 5) is 15.6. The van der Waals surface area contributed by atoms with Gasteiger partial charge in [0.05, 0.1) is 18.7 Å². The van der Waals surface area contributed by atoms with E-state index in [-0.39, 0.29) is 17.7 Å². The number of carbonyl (C=O) groups excluding carboxylic acids is 1. The van der Waals surface area contributed by atoms with E-state index in [0.717, 1.165) is 11.3 Å². The zero-order valence-electron chi connectivity index (χ0n) is 9.42. The summed E-state index contributed by atoms with van der Waals surface area (Å²) in [6, 6.07) is 0. The van der Waals surface area contributed by atoms with Gasteiger partial charge in [-0.15, -0.1) is 0 Å². The van der Waals surface area contributed by atoms with E-state index in [2.05, 4.69) is 4.98 Å². The third-order valence-corrected chi connectivity index (χ3v) is 3.00. The van der Waals surface area contributed by atoms with Gasteiger partial charge in [-0.3, -0.25) is 9.78 Å². The smallest absolute Gasteiger partial charge is 0.309 e. The van der Waals surface area contributed by atoms with Crippen molar-refractivity contribution in [2.24, 2.45) is 5.92 Å². The number of pyridine rings is 1. The summed E-state index contributed by atoms with van der Waals surface area (Å²) < 4.78 is 18.2. The van der Waals surface area contributed by atoms with E-state index >= 15 is 0 Å². The number of esters is 1. The Hall–Kier alpha value is -1.45.